The molecular formula is C16H13N5O2S. The lowest BCUT2D eigenvalue weighted by Gasteiger charge is -2.05. The standard InChI is InChI=1S/C16H13N5O2S/c22-13(20-16-18-11-3-1-2-4-12(11)19-16)5-7-21-9-17-14-10(15(21)23)6-8-24-14/h1-4,6,8-9H,5,7H2,(H2,18,19,20,22). The third-order valence-electron chi connectivity index (χ3n) is 3.68. The topological polar surface area (TPSA) is 92.7 Å². The molecule has 3 aromatic heterocycles. The number of carbonyl (C=O) groups excluding carboxylic acids is 1. The second kappa shape index (κ2) is 5.89. The Balaban J connectivity index is 1.45. The van der Waals surface area contributed by atoms with Gasteiger partial charge >= 0.3 is 0 Å². The van der Waals surface area contributed by atoms with Gasteiger partial charge in [0.15, 0.2) is 0 Å². The van der Waals surface area contributed by atoms with Gasteiger partial charge in [-0.15, -0.1) is 11.3 Å². The Morgan fingerprint density at radius 2 is 2.17 bits per heavy atom. The van der Waals surface area contributed by atoms with Crippen molar-refractivity contribution in [3.8, 4) is 0 Å². The Labute approximate surface area is 140 Å². The van der Waals surface area contributed by atoms with E-state index < -0.39 is 0 Å². The van der Waals surface area contributed by atoms with E-state index in [1.807, 2.05) is 29.6 Å². The number of hydrogen-bond acceptors (Lipinski definition) is 5. The van der Waals surface area contributed by atoms with E-state index >= 15 is 0 Å². The molecular weight excluding hydrogens is 326 g/mol. The molecule has 4 aromatic rings. The highest BCUT2D eigenvalue weighted by atomic mass is 32.1. The van der Waals surface area contributed by atoms with Crippen molar-refractivity contribution in [3.05, 3.63) is 52.4 Å². The fourth-order valence-corrected chi connectivity index (χ4v) is 3.20. The number of hydrogen-bond donors (Lipinski definition) is 2. The first-order valence-electron chi connectivity index (χ1n) is 7.38. The largest absolute Gasteiger partial charge is 0.324 e. The summed E-state index contributed by atoms with van der Waals surface area (Å²) in [5, 5.41) is 5.13. The predicted molar refractivity (Wildman–Crippen MR) is 93.2 cm³/mol. The molecule has 3 heterocycles. The molecule has 0 atom stereocenters. The average molecular weight is 339 g/mol. The number of H-pyrrole nitrogens is 1. The highest BCUT2D eigenvalue weighted by molar-refractivity contribution is 7.16. The first kappa shape index (κ1) is 14.6. The maximum atomic E-state index is 12.3. The number of thiophene rings is 1. The minimum atomic E-state index is -0.216. The van der Waals surface area contributed by atoms with E-state index in [4.69, 9.17) is 0 Å². The van der Waals surface area contributed by atoms with Crippen molar-refractivity contribution in [1.82, 2.24) is 19.5 Å². The van der Waals surface area contributed by atoms with Crippen LogP contribution in [0.15, 0.2) is 46.8 Å². The monoisotopic (exact) mass is 339 g/mol. The number of aromatic nitrogens is 4. The molecule has 2 N–H and O–H groups in total. The van der Waals surface area contributed by atoms with Crippen LogP contribution in [0.5, 0.6) is 0 Å². The summed E-state index contributed by atoms with van der Waals surface area (Å²) in [5.74, 6) is 0.186. The number of para-hydroxylation sites is 2. The molecule has 24 heavy (non-hydrogen) atoms. The van der Waals surface area contributed by atoms with Crippen LogP contribution in [0.25, 0.3) is 21.3 Å². The number of aromatic amines is 1. The zero-order chi connectivity index (χ0) is 16.5. The minimum Gasteiger partial charge on any atom is -0.324 e. The highest BCUT2D eigenvalue weighted by Crippen LogP contribution is 2.14. The van der Waals surface area contributed by atoms with E-state index in [2.05, 4.69) is 20.3 Å². The van der Waals surface area contributed by atoms with Gasteiger partial charge < -0.3 is 4.98 Å². The quantitative estimate of drug-likeness (QED) is 0.597. The molecule has 0 saturated carbocycles. The van der Waals surface area contributed by atoms with Crippen molar-refractivity contribution in [2.24, 2.45) is 0 Å². The molecule has 8 heteroatoms. The number of nitrogens with zero attached hydrogens (tertiary/aromatic N) is 3. The first-order valence-corrected chi connectivity index (χ1v) is 8.26. The number of fused-ring (bicyclic) bond motifs is 2. The maximum absolute atomic E-state index is 12.3. The lowest BCUT2D eigenvalue weighted by atomic mass is 10.3. The molecule has 0 aliphatic carbocycles. The van der Waals surface area contributed by atoms with Crippen molar-refractivity contribution in [2.75, 3.05) is 5.32 Å². The molecule has 120 valence electrons. The third-order valence-corrected chi connectivity index (χ3v) is 4.50. The highest BCUT2D eigenvalue weighted by Gasteiger charge is 2.09. The van der Waals surface area contributed by atoms with Crippen molar-refractivity contribution >= 4 is 44.4 Å². The van der Waals surface area contributed by atoms with Crippen LogP contribution in [-0.4, -0.2) is 25.4 Å². The summed E-state index contributed by atoms with van der Waals surface area (Å²) in [5.41, 5.74) is 1.52. The zero-order valence-corrected chi connectivity index (χ0v) is 13.3. The normalized spacial score (nSPS) is 11.2. The summed E-state index contributed by atoms with van der Waals surface area (Å²) >= 11 is 1.42. The van der Waals surface area contributed by atoms with Crippen molar-refractivity contribution in [2.45, 2.75) is 13.0 Å². The lowest BCUT2D eigenvalue weighted by molar-refractivity contribution is -0.116. The number of anilines is 1. The summed E-state index contributed by atoms with van der Waals surface area (Å²) < 4.78 is 1.45. The second-order valence-electron chi connectivity index (χ2n) is 5.28. The molecule has 1 aromatic carbocycles. The molecule has 0 radical (unpaired) electrons. The number of imidazole rings is 1. The number of nitrogens with one attached hydrogen (secondary N) is 2. The van der Waals surface area contributed by atoms with Gasteiger partial charge in [0.25, 0.3) is 5.56 Å². The number of amides is 1. The van der Waals surface area contributed by atoms with Crippen LogP contribution < -0.4 is 10.9 Å². The van der Waals surface area contributed by atoms with Crippen LogP contribution in [0.4, 0.5) is 5.95 Å². The third kappa shape index (κ3) is 2.67. The van der Waals surface area contributed by atoms with Gasteiger partial charge in [0.1, 0.15) is 4.83 Å². The SMILES string of the molecule is O=C(CCn1cnc2sccc2c1=O)Nc1nc2ccccc2[nH]1. The van der Waals surface area contributed by atoms with E-state index in [1.54, 1.807) is 6.07 Å². The molecule has 0 fully saturated rings. The molecule has 1 amide bonds. The number of aryl methyl sites for hydroxylation is 1. The first-order chi connectivity index (χ1) is 11.7. The van der Waals surface area contributed by atoms with E-state index in [9.17, 15) is 9.59 Å². The number of benzene rings is 1. The zero-order valence-electron chi connectivity index (χ0n) is 12.5. The van der Waals surface area contributed by atoms with Crippen molar-refractivity contribution in [3.63, 3.8) is 0 Å². The summed E-state index contributed by atoms with van der Waals surface area (Å²) in [4.78, 5) is 36.6. The minimum absolute atomic E-state index is 0.127. The van der Waals surface area contributed by atoms with Gasteiger partial charge in [-0.2, -0.15) is 0 Å². The van der Waals surface area contributed by atoms with Gasteiger partial charge in [0.2, 0.25) is 11.9 Å². The summed E-state index contributed by atoms with van der Waals surface area (Å²) in [6, 6.07) is 9.28. The maximum Gasteiger partial charge on any atom is 0.262 e. The van der Waals surface area contributed by atoms with E-state index in [-0.39, 0.29) is 24.4 Å². The van der Waals surface area contributed by atoms with Crippen LogP contribution in [0.2, 0.25) is 0 Å². The van der Waals surface area contributed by atoms with Crippen LogP contribution in [0, 0.1) is 0 Å². The van der Waals surface area contributed by atoms with Gasteiger partial charge in [0, 0.05) is 13.0 Å². The Hall–Kier alpha value is -3.00. The number of rotatable bonds is 4. The molecule has 0 aliphatic heterocycles. The van der Waals surface area contributed by atoms with Crippen molar-refractivity contribution in [1.29, 1.82) is 0 Å². The molecule has 4 rings (SSSR count). The fourth-order valence-electron chi connectivity index (χ4n) is 2.48. The van der Waals surface area contributed by atoms with Gasteiger partial charge in [-0.3, -0.25) is 19.5 Å². The van der Waals surface area contributed by atoms with Gasteiger partial charge in [-0.05, 0) is 23.6 Å². The van der Waals surface area contributed by atoms with Gasteiger partial charge in [-0.1, -0.05) is 12.1 Å². The van der Waals surface area contributed by atoms with Crippen LogP contribution in [-0.2, 0) is 11.3 Å². The van der Waals surface area contributed by atoms with E-state index in [1.165, 1.54) is 22.2 Å². The molecule has 0 saturated heterocycles. The Morgan fingerprint density at radius 3 is 3.04 bits per heavy atom. The smallest absolute Gasteiger partial charge is 0.262 e. The van der Waals surface area contributed by atoms with E-state index in [0.29, 0.717) is 16.2 Å². The molecule has 0 aliphatic rings. The van der Waals surface area contributed by atoms with Crippen LogP contribution in [0.1, 0.15) is 6.42 Å². The fraction of sp³-hybridized carbons (Fsp3) is 0.125. The van der Waals surface area contributed by atoms with Gasteiger partial charge in [-0.25, -0.2) is 9.97 Å². The van der Waals surface area contributed by atoms with Crippen LogP contribution >= 0.6 is 11.3 Å². The summed E-state index contributed by atoms with van der Waals surface area (Å²) in [7, 11) is 0. The molecule has 7 nitrogen and oxygen atoms in total. The summed E-state index contributed by atoms with van der Waals surface area (Å²) in [6.07, 6.45) is 1.64. The Bertz CT molecular complexity index is 1060. The Kier molecular flexibility index (Phi) is 3.58. The average Bonchev–Trinajstić information content (AvgIpc) is 3.20. The summed E-state index contributed by atoms with van der Waals surface area (Å²) in [6.45, 7) is 0.268. The lowest BCUT2D eigenvalue weighted by Crippen LogP contribution is -2.23. The van der Waals surface area contributed by atoms with Crippen molar-refractivity contribution < 1.29 is 4.79 Å². The molecule has 0 spiro atoms. The molecule has 0 bridgehead atoms. The Morgan fingerprint density at radius 1 is 1.29 bits per heavy atom. The van der Waals surface area contributed by atoms with E-state index in [0.717, 1.165) is 11.0 Å². The molecule has 0 unspecified atom stereocenters. The van der Waals surface area contributed by atoms with Crippen LogP contribution in [0.3, 0.4) is 0 Å². The second-order valence-corrected chi connectivity index (χ2v) is 6.18. The van der Waals surface area contributed by atoms with Gasteiger partial charge in [0.05, 0.1) is 22.7 Å². The number of carbonyl (C=O) groups is 1. The predicted octanol–water partition coefficient (Wildman–Crippen LogP) is 2.36.